The number of nitrogens with one attached hydrogen (secondary N) is 1. The van der Waals surface area contributed by atoms with Crippen LogP contribution in [0, 0.1) is 17.6 Å². The Morgan fingerprint density at radius 3 is 2.25 bits per heavy atom. The minimum atomic E-state index is -1.03. The average Bonchev–Trinajstić information content (AvgIpc) is 3.43. The first-order valence-electron chi connectivity index (χ1n) is 20.4. The number of nitrogens with zero attached hydrogens (tertiary/aromatic N) is 5. The summed E-state index contributed by atoms with van der Waals surface area (Å²) in [6.45, 7) is 8.81. The largest absolute Gasteiger partial charge is 0.371 e. The van der Waals surface area contributed by atoms with E-state index in [2.05, 4.69) is 67.7 Å². The van der Waals surface area contributed by atoms with E-state index in [4.69, 9.17) is 0 Å². The van der Waals surface area contributed by atoms with Gasteiger partial charge in [-0.05, 0) is 135 Å². The maximum atomic E-state index is 15.2. The summed E-state index contributed by atoms with van der Waals surface area (Å²) in [6.07, 6.45) is 5.37. The number of halogens is 3. The molecule has 13 heteroatoms. The molecule has 9 rings (SSSR count). The predicted molar refractivity (Wildman–Crippen MR) is 217 cm³/mol. The molecule has 4 saturated heterocycles. The summed E-state index contributed by atoms with van der Waals surface area (Å²) in [7, 11) is 0. The van der Waals surface area contributed by atoms with E-state index in [1.54, 1.807) is 0 Å². The fraction of sp³-hybridized carbons (Fsp3) is 0.477. The average molecular weight is 842 g/mol. The molecule has 1 aromatic heterocycles. The molecule has 5 aliphatic rings. The second-order valence-corrected chi connectivity index (χ2v) is 17.9. The number of rotatable bonds is 5. The number of carbonyl (C=O) groups is 3. The summed E-state index contributed by atoms with van der Waals surface area (Å²) in [5.74, 6) is -2.44. The molecule has 6 heterocycles. The number of piperidine rings is 4. The lowest BCUT2D eigenvalue weighted by molar-refractivity contribution is -0.138. The smallest absolute Gasteiger partial charge is 0.281 e. The standard InChI is InChI=1S/C44H47BrF2N6O4/c1-44(2)31-8-6-27(22-36(31)53-35-5-3-4-32(45)39(35)41(56)49-43(44)53)25-10-16-50(17-11-25)28-14-20-52(21-15-28)42(57)26-12-18-51(19-13-26)29-23-33(46)38(34(47)24-29)30-7-9-37(54)48-40(30)55/h3-6,8,22-26,28,30H,7,9-21H2,1-2H3,(H,48,54,55). The molecule has 1 N–H and O–H groups in total. The summed E-state index contributed by atoms with van der Waals surface area (Å²) in [5, 5.41) is 2.78. The minimum absolute atomic E-state index is 0.0443. The fourth-order valence-electron chi connectivity index (χ4n) is 10.3. The van der Waals surface area contributed by atoms with Gasteiger partial charge in [0, 0.05) is 60.3 Å². The number of aromatic nitrogens is 2. The minimum Gasteiger partial charge on any atom is -0.371 e. The highest BCUT2D eigenvalue weighted by Crippen LogP contribution is 2.45. The molecule has 0 bridgehead atoms. The van der Waals surface area contributed by atoms with Crippen molar-refractivity contribution in [2.24, 2.45) is 5.92 Å². The molecule has 0 spiro atoms. The molecule has 5 aliphatic heterocycles. The molecule has 10 nitrogen and oxygen atoms in total. The Hall–Kier alpha value is -4.49. The summed E-state index contributed by atoms with van der Waals surface area (Å²) in [6, 6.07) is 15.7. The molecule has 298 valence electrons. The van der Waals surface area contributed by atoms with Crippen LogP contribution >= 0.6 is 15.9 Å². The van der Waals surface area contributed by atoms with Crippen molar-refractivity contribution in [2.45, 2.75) is 88.5 Å². The van der Waals surface area contributed by atoms with Crippen molar-refractivity contribution in [1.82, 2.24) is 24.7 Å². The second-order valence-electron chi connectivity index (χ2n) is 17.1. The highest BCUT2D eigenvalue weighted by molar-refractivity contribution is 9.10. The Kier molecular flexibility index (Phi) is 9.82. The van der Waals surface area contributed by atoms with Gasteiger partial charge in [-0.1, -0.05) is 18.2 Å². The Morgan fingerprint density at radius 2 is 1.56 bits per heavy atom. The van der Waals surface area contributed by atoms with Crippen LogP contribution in [0.15, 0.2) is 57.8 Å². The van der Waals surface area contributed by atoms with Crippen LogP contribution in [0.3, 0.4) is 0 Å². The number of hydrogen-bond donors (Lipinski definition) is 1. The molecule has 4 aromatic rings. The highest BCUT2D eigenvalue weighted by atomic mass is 79.9. The Labute approximate surface area is 338 Å². The van der Waals surface area contributed by atoms with Crippen molar-refractivity contribution in [2.75, 3.05) is 44.2 Å². The van der Waals surface area contributed by atoms with E-state index in [1.807, 2.05) is 28.0 Å². The van der Waals surface area contributed by atoms with Crippen LogP contribution in [0.5, 0.6) is 0 Å². The number of amides is 3. The summed E-state index contributed by atoms with van der Waals surface area (Å²) >= 11 is 3.58. The fourth-order valence-corrected chi connectivity index (χ4v) is 10.8. The lowest BCUT2D eigenvalue weighted by Gasteiger charge is -2.43. The Morgan fingerprint density at radius 1 is 0.860 bits per heavy atom. The number of anilines is 1. The molecule has 1 unspecified atom stereocenters. The van der Waals surface area contributed by atoms with Gasteiger partial charge in [-0.2, -0.15) is 4.98 Å². The lowest BCUT2D eigenvalue weighted by Crippen LogP contribution is -2.50. The van der Waals surface area contributed by atoms with E-state index in [0.717, 1.165) is 73.4 Å². The molecule has 57 heavy (non-hydrogen) atoms. The van der Waals surface area contributed by atoms with Gasteiger partial charge in [-0.15, -0.1) is 0 Å². The van der Waals surface area contributed by atoms with Crippen molar-refractivity contribution in [3.05, 3.63) is 97.5 Å². The van der Waals surface area contributed by atoms with Crippen molar-refractivity contribution in [1.29, 1.82) is 0 Å². The molecule has 0 radical (unpaired) electrons. The first kappa shape index (κ1) is 38.1. The van der Waals surface area contributed by atoms with Crippen LogP contribution < -0.4 is 15.8 Å². The maximum absolute atomic E-state index is 15.2. The van der Waals surface area contributed by atoms with Crippen LogP contribution in [0.4, 0.5) is 14.5 Å². The third-order valence-electron chi connectivity index (χ3n) is 13.5. The molecule has 4 fully saturated rings. The molecular weight excluding hydrogens is 794 g/mol. The van der Waals surface area contributed by atoms with Gasteiger partial charge in [0.25, 0.3) is 5.56 Å². The third-order valence-corrected chi connectivity index (χ3v) is 14.2. The number of fused-ring (bicyclic) bond motifs is 5. The quantitative estimate of drug-likeness (QED) is 0.224. The summed E-state index contributed by atoms with van der Waals surface area (Å²) in [5.41, 5.74) is 3.99. The van der Waals surface area contributed by atoms with Crippen LogP contribution in [0.2, 0.25) is 0 Å². The lowest BCUT2D eigenvalue weighted by atomic mass is 9.82. The van der Waals surface area contributed by atoms with E-state index in [1.165, 1.54) is 23.3 Å². The van der Waals surface area contributed by atoms with Crippen LogP contribution in [-0.4, -0.2) is 82.4 Å². The van der Waals surface area contributed by atoms with Gasteiger partial charge >= 0.3 is 0 Å². The van der Waals surface area contributed by atoms with E-state index in [-0.39, 0.29) is 35.8 Å². The normalized spacial score (nSPS) is 22.2. The van der Waals surface area contributed by atoms with Gasteiger partial charge in [0.1, 0.15) is 17.5 Å². The second kappa shape index (κ2) is 14.7. The van der Waals surface area contributed by atoms with E-state index in [0.29, 0.717) is 49.0 Å². The van der Waals surface area contributed by atoms with Crippen molar-refractivity contribution in [3.8, 4) is 5.69 Å². The van der Waals surface area contributed by atoms with E-state index < -0.39 is 34.8 Å². The molecule has 1 atom stereocenters. The van der Waals surface area contributed by atoms with E-state index in [9.17, 15) is 19.2 Å². The maximum Gasteiger partial charge on any atom is 0.281 e. The summed E-state index contributed by atoms with van der Waals surface area (Å²) < 4.78 is 33.3. The zero-order chi connectivity index (χ0) is 39.7. The van der Waals surface area contributed by atoms with Gasteiger partial charge in [-0.25, -0.2) is 8.78 Å². The Bertz CT molecular complexity index is 2340. The molecule has 0 saturated carbocycles. The van der Waals surface area contributed by atoms with Crippen molar-refractivity contribution in [3.63, 3.8) is 0 Å². The topological polar surface area (TPSA) is 108 Å². The first-order chi connectivity index (χ1) is 27.4. The molecule has 0 aliphatic carbocycles. The van der Waals surface area contributed by atoms with Gasteiger partial charge in [0.15, 0.2) is 0 Å². The van der Waals surface area contributed by atoms with Gasteiger partial charge in [0.2, 0.25) is 17.7 Å². The number of imide groups is 1. The SMILES string of the molecule is CC1(C)c2ccc(C3CCN(C4CCN(C(=O)C5CCN(c6cc(F)c(C7CCC(=O)NC7=O)c(F)c6)CC5)CC4)CC3)cc2-n2c1nc(=O)c1c(Br)cccc12. The monoisotopic (exact) mass is 840 g/mol. The van der Waals surface area contributed by atoms with Gasteiger partial charge < -0.3 is 14.7 Å². The van der Waals surface area contributed by atoms with Crippen LogP contribution in [0.1, 0.15) is 99.6 Å². The predicted octanol–water partition coefficient (Wildman–Crippen LogP) is 6.67. The number of likely N-dealkylation sites (tertiary alicyclic amines) is 2. The number of hydrogen-bond acceptors (Lipinski definition) is 7. The molecule has 3 amide bonds. The van der Waals surface area contributed by atoms with Crippen LogP contribution in [-0.2, 0) is 19.8 Å². The third kappa shape index (κ3) is 6.68. The van der Waals surface area contributed by atoms with Crippen LogP contribution in [0.25, 0.3) is 16.6 Å². The number of carbonyl (C=O) groups excluding carboxylic acids is 3. The van der Waals surface area contributed by atoms with Crippen molar-refractivity contribution >= 4 is 50.2 Å². The Balaban J connectivity index is 0.784. The van der Waals surface area contributed by atoms with Gasteiger partial charge in [-0.3, -0.25) is 29.1 Å². The molecular formula is C44H47BrF2N6O4. The first-order valence-corrected chi connectivity index (χ1v) is 21.1. The van der Waals surface area contributed by atoms with Gasteiger partial charge in [0.05, 0.1) is 27.9 Å². The number of benzene rings is 3. The zero-order valence-electron chi connectivity index (χ0n) is 32.3. The highest BCUT2D eigenvalue weighted by Gasteiger charge is 2.40. The zero-order valence-corrected chi connectivity index (χ0v) is 33.9. The van der Waals surface area contributed by atoms with Crippen molar-refractivity contribution < 1.29 is 23.2 Å². The summed E-state index contributed by atoms with van der Waals surface area (Å²) in [4.78, 5) is 61.7. The van der Waals surface area contributed by atoms with E-state index >= 15 is 8.78 Å². The molecule has 3 aromatic carbocycles.